The second-order valence-electron chi connectivity index (χ2n) is 8.62. The quantitative estimate of drug-likeness (QED) is 0.363. The maximum Gasteiger partial charge on any atom is 0.326 e. The SMILES string of the molecule is O=C(N[C@@H](Cc1ccc(-c2c(N3CCOCC3)cnn(CCO)c2=O)cc1)C(=O)O)c1c(Cl)cccc1Cl. The van der Waals surface area contributed by atoms with Gasteiger partial charge in [0.1, 0.15) is 6.04 Å². The molecule has 0 spiro atoms. The van der Waals surface area contributed by atoms with E-state index < -0.39 is 17.9 Å². The van der Waals surface area contributed by atoms with Crippen molar-refractivity contribution in [1.29, 1.82) is 0 Å². The van der Waals surface area contributed by atoms with Gasteiger partial charge in [-0.1, -0.05) is 53.5 Å². The van der Waals surface area contributed by atoms with Crippen molar-refractivity contribution in [2.45, 2.75) is 19.0 Å². The van der Waals surface area contributed by atoms with Crippen molar-refractivity contribution in [3.05, 3.63) is 80.2 Å². The molecule has 3 N–H and O–H groups in total. The van der Waals surface area contributed by atoms with Crippen LogP contribution in [0.1, 0.15) is 15.9 Å². The topological polar surface area (TPSA) is 134 Å². The number of anilines is 1. The summed E-state index contributed by atoms with van der Waals surface area (Å²) in [5.41, 5.74) is 2.00. The molecule has 1 atom stereocenters. The first-order chi connectivity index (χ1) is 18.3. The molecule has 1 amide bonds. The number of morpholine rings is 1. The molecule has 3 aromatic rings. The number of amides is 1. The highest BCUT2D eigenvalue weighted by molar-refractivity contribution is 6.39. The maximum absolute atomic E-state index is 13.3. The van der Waals surface area contributed by atoms with Crippen LogP contribution in [0.3, 0.4) is 0 Å². The van der Waals surface area contributed by atoms with E-state index in [1.54, 1.807) is 36.5 Å². The first-order valence-electron chi connectivity index (χ1n) is 11.9. The van der Waals surface area contributed by atoms with Crippen molar-refractivity contribution in [1.82, 2.24) is 15.1 Å². The Morgan fingerprint density at radius 2 is 1.74 bits per heavy atom. The number of rotatable bonds is 9. The number of carboxylic acid groups (broad SMARTS) is 1. The number of carbonyl (C=O) groups excluding carboxylic acids is 1. The minimum absolute atomic E-state index is 0.00455. The van der Waals surface area contributed by atoms with Crippen molar-refractivity contribution < 1.29 is 24.5 Å². The molecule has 0 saturated carbocycles. The molecule has 0 aliphatic carbocycles. The summed E-state index contributed by atoms with van der Waals surface area (Å²) in [6, 6.07) is 10.2. The van der Waals surface area contributed by atoms with Gasteiger partial charge < -0.3 is 25.2 Å². The first-order valence-corrected chi connectivity index (χ1v) is 12.7. The number of aliphatic carboxylic acids is 1. The third kappa shape index (κ3) is 6.16. The van der Waals surface area contributed by atoms with E-state index in [1.807, 2.05) is 4.90 Å². The van der Waals surface area contributed by atoms with Gasteiger partial charge >= 0.3 is 5.97 Å². The van der Waals surface area contributed by atoms with Gasteiger partial charge in [-0.05, 0) is 23.3 Å². The summed E-state index contributed by atoms with van der Waals surface area (Å²) in [5, 5.41) is 26.0. The molecule has 1 aromatic heterocycles. The zero-order valence-electron chi connectivity index (χ0n) is 20.3. The molecule has 200 valence electrons. The molecule has 0 bridgehead atoms. The van der Waals surface area contributed by atoms with E-state index in [0.717, 1.165) is 0 Å². The fourth-order valence-corrected chi connectivity index (χ4v) is 4.81. The predicted octanol–water partition coefficient (Wildman–Crippen LogP) is 2.47. The Hall–Kier alpha value is -3.44. The maximum atomic E-state index is 13.3. The molecule has 0 unspecified atom stereocenters. The Morgan fingerprint density at radius 1 is 1.08 bits per heavy atom. The summed E-state index contributed by atoms with van der Waals surface area (Å²) < 4.78 is 6.64. The van der Waals surface area contributed by atoms with Crippen LogP contribution in [-0.4, -0.2) is 70.8 Å². The Balaban J connectivity index is 1.60. The Bertz CT molecular complexity index is 1350. The highest BCUT2D eigenvalue weighted by Gasteiger charge is 2.25. The normalized spacial score (nSPS) is 14.2. The lowest BCUT2D eigenvalue weighted by atomic mass is 10.00. The van der Waals surface area contributed by atoms with Gasteiger partial charge in [0.25, 0.3) is 11.5 Å². The highest BCUT2D eigenvalue weighted by Crippen LogP contribution is 2.28. The van der Waals surface area contributed by atoms with Crippen molar-refractivity contribution >= 4 is 40.8 Å². The van der Waals surface area contributed by atoms with Crippen LogP contribution in [0, 0.1) is 0 Å². The number of ether oxygens (including phenoxy) is 1. The van der Waals surface area contributed by atoms with E-state index in [2.05, 4.69) is 10.4 Å². The third-order valence-corrected chi connectivity index (χ3v) is 6.79. The van der Waals surface area contributed by atoms with Gasteiger partial charge in [-0.3, -0.25) is 9.59 Å². The van der Waals surface area contributed by atoms with E-state index >= 15 is 0 Å². The van der Waals surface area contributed by atoms with Gasteiger partial charge in [0.05, 0.1) is 59.4 Å². The largest absolute Gasteiger partial charge is 0.480 e. The van der Waals surface area contributed by atoms with E-state index in [-0.39, 0.29) is 40.7 Å². The van der Waals surface area contributed by atoms with Gasteiger partial charge in [-0.15, -0.1) is 0 Å². The average Bonchev–Trinajstić information content (AvgIpc) is 2.90. The number of halogens is 2. The zero-order valence-corrected chi connectivity index (χ0v) is 21.8. The molecule has 38 heavy (non-hydrogen) atoms. The van der Waals surface area contributed by atoms with Gasteiger partial charge in [0, 0.05) is 19.5 Å². The molecule has 4 rings (SSSR count). The van der Waals surface area contributed by atoms with Crippen LogP contribution in [0.2, 0.25) is 10.0 Å². The molecular formula is C26H26Cl2N4O6. The third-order valence-electron chi connectivity index (χ3n) is 6.16. The number of aromatic nitrogens is 2. The van der Waals surface area contributed by atoms with Crippen LogP contribution in [0.5, 0.6) is 0 Å². The minimum Gasteiger partial charge on any atom is -0.480 e. The fraction of sp³-hybridized carbons (Fsp3) is 0.308. The second-order valence-corrected chi connectivity index (χ2v) is 9.43. The lowest BCUT2D eigenvalue weighted by Gasteiger charge is -2.30. The van der Waals surface area contributed by atoms with Crippen LogP contribution in [0.15, 0.2) is 53.5 Å². The van der Waals surface area contributed by atoms with Gasteiger partial charge in [-0.2, -0.15) is 5.10 Å². The van der Waals surface area contributed by atoms with Crippen LogP contribution in [0.4, 0.5) is 5.69 Å². The molecule has 2 heterocycles. The Kier molecular flexibility index (Phi) is 9.01. The smallest absolute Gasteiger partial charge is 0.326 e. The van der Waals surface area contributed by atoms with Crippen LogP contribution in [0.25, 0.3) is 11.1 Å². The molecule has 10 nitrogen and oxygen atoms in total. The van der Waals surface area contributed by atoms with E-state index in [9.17, 15) is 24.6 Å². The number of aliphatic hydroxyl groups excluding tert-OH is 1. The number of benzene rings is 2. The monoisotopic (exact) mass is 560 g/mol. The summed E-state index contributed by atoms with van der Waals surface area (Å²) in [4.78, 5) is 39.9. The van der Waals surface area contributed by atoms with Crippen molar-refractivity contribution in [2.24, 2.45) is 0 Å². The number of nitrogens with one attached hydrogen (secondary N) is 1. The second kappa shape index (κ2) is 12.4. The summed E-state index contributed by atoms with van der Waals surface area (Å²) in [7, 11) is 0. The minimum atomic E-state index is -1.24. The number of aliphatic hydroxyl groups is 1. The van der Waals surface area contributed by atoms with Crippen LogP contribution in [-0.2, 0) is 22.5 Å². The fourth-order valence-electron chi connectivity index (χ4n) is 4.24. The zero-order chi connectivity index (χ0) is 27.2. The molecule has 0 radical (unpaired) electrons. The van der Waals surface area contributed by atoms with E-state index in [1.165, 1.54) is 16.8 Å². The van der Waals surface area contributed by atoms with Crippen molar-refractivity contribution in [3.8, 4) is 11.1 Å². The van der Waals surface area contributed by atoms with Crippen LogP contribution < -0.4 is 15.8 Å². The number of carbonyl (C=O) groups is 2. The van der Waals surface area contributed by atoms with Gasteiger partial charge in [0.15, 0.2) is 0 Å². The van der Waals surface area contributed by atoms with E-state index in [0.29, 0.717) is 48.7 Å². The number of carboxylic acids is 1. The average molecular weight is 561 g/mol. The lowest BCUT2D eigenvalue weighted by Crippen LogP contribution is -2.42. The lowest BCUT2D eigenvalue weighted by molar-refractivity contribution is -0.139. The van der Waals surface area contributed by atoms with Crippen molar-refractivity contribution in [3.63, 3.8) is 0 Å². The molecule has 1 fully saturated rings. The number of nitrogens with zero attached hydrogens (tertiary/aromatic N) is 3. The Morgan fingerprint density at radius 3 is 2.34 bits per heavy atom. The number of hydrogen-bond donors (Lipinski definition) is 3. The Labute approximate surface area is 228 Å². The standard InChI is InChI=1S/C26H26Cl2N4O6/c27-18-2-1-3-19(28)23(18)24(34)30-20(26(36)37)14-16-4-6-17(7-5-16)22-21(31-9-12-38-13-10-31)15-29-32(8-11-33)25(22)35/h1-7,15,20,33H,8-14H2,(H,30,34)(H,36,37)/t20-/m0/s1. The molecule has 12 heteroatoms. The van der Waals surface area contributed by atoms with Gasteiger partial charge in [-0.25, -0.2) is 9.48 Å². The molecule has 2 aromatic carbocycles. The molecule has 1 aliphatic heterocycles. The summed E-state index contributed by atoms with van der Waals surface area (Å²) in [6.45, 7) is 2.09. The summed E-state index contributed by atoms with van der Waals surface area (Å²) in [6.07, 6.45) is 1.60. The summed E-state index contributed by atoms with van der Waals surface area (Å²) in [5.74, 6) is -1.91. The molecule has 1 saturated heterocycles. The van der Waals surface area contributed by atoms with Crippen LogP contribution >= 0.6 is 23.2 Å². The summed E-state index contributed by atoms with van der Waals surface area (Å²) >= 11 is 12.2. The predicted molar refractivity (Wildman–Crippen MR) is 143 cm³/mol. The van der Waals surface area contributed by atoms with Crippen molar-refractivity contribution in [2.75, 3.05) is 37.8 Å². The number of hydrogen-bond acceptors (Lipinski definition) is 7. The molecule has 1 aliphatic rings. The van der Waals surface area contributed by atoms with Gasteiger partial charge in [0.2, 0.25) is 0 Å². The first kappa shape index (κ1) is 27.6. The van der Waals surface area contributed by atoms with E-state index in [4.69, 9.17) is 27.9 Å². The molecular weight excluding hydrogens is 535 g/mol. The highest BCUT2D eigenvalue weighted by atomic mass is 35.5.